The molecule has 3 N–H and O–H groups in total. The normalized spacial score (nSPS) is 22.0. The van der Waals surface area contributed by atoms with Crippen molar-refractivity contribution < 1.29 is 43.3 Å². The van der Waals surface area contributed by atoms with Gasteiger partial charge in [0.1, 0.15) is 30.3 Å². The van der Waals surface area contributed by atoms with Crippen molar-refractivity contribution in [3.8, 4) is 11.6 Å². The van der Waals surface area contributed by atoms with Crippen LogP contribution in [0.5, 0.6) is 11.6 Å². The monoisotopic (exact) mass is 814 g/mol. The molecule has 0 spiro atoms. The summed E-state index contributed by atoms with van der Waals surface area (Å²) in [6.07, 6.45) is 0.465. The van der Waals surface area contributed by atoms with E-state index in [9.17, 15) is 15.3 Å². The second-order valence-corrected chi connectivity index (χ2v) is 22.2. The molecule has 0 amide bonds. The molecule has 0 saturated heterocycles. The quantitative estimate of drug-likeness (QED) is 0.119. The molecule has 3 aliphatic carbocycles. The van der Waals surface area contributed by atoms with Crippen molar-refractivity contribution in [2.24, 2.45) is 11.8 Å². The predicted octanol–water partition coefficient (Wildman–Crippen LogP) is 8.00. The number of carbonyl (C=O) groups excluding carboxylic acids is 2. The van der Waals surface area contributed by atoms with Gasteiger partial charge in [0.25, 0.3) is 5.88 Å². The molecule has 4 atom stereocenters. The molecule has 1 aromatic heterocycles. The highest BCUT2D eigenvalue weighted by molar-refractivity contribution is 6.74. The molecular weight excluding hydrogens is 764 g/mol. The van der Waals surface area contributed by atoms with Gasteiger partial charge >= 0.3 is 0 Å². The Bertz CT molecular complexity index is 2190. The van der Waals surface area contributed by atoms with Crippen LogP contribution in [0.4, 0.5) is 0 Å². The summed E-state index contributed by atoms with van der Waals surface area (Å²) in [5.74, 6) is -3.07. The number of hydrogen-bond acceptors (Lipinski definition) is 11. The van der Waals surface area contributed by atoms with E-state index < -0.39 is 60.1 Å². The molecule has 1 heterocycles. The van der Waals surface area contributed by atoms with Crippen molar-refractivity contribution >= 4 is 31.5 Å². The number of aliphatic hydroxyl groups is 3. The number of aliphatic hydroxyl groups excluding tert-OH is 3. The number of rotatable bonds is 12. The first kappa shape index (κ1) is 40.9. The fourth-order valence-corrected chi connectivity index (χ4v) is 10.2. The number of hydrogen-bond donors (Lipinski definition) is 3. The standard InChI is InChI=1S/C44H51ClN2O9Si/c1-43(2,3)57(6,7)56-44-31(37(47(4)5)39-35(41(44)52)42(46-55-39)54-24-26-16-12-9-13-17-26)19-27-18-30-34(38(50)33(27)40(44)51)32(53-23-25-14-10-8-11-15-25)20-29(36(30)45)28(21-48)22-49/h8-17,20,27-28,31,37,48-49,51H,18-19,21-24H2,1-7H3/t27-,31-,37-,44-/m0/s1. The Morgan fingerprint density at radius 1 is 0.965 bits per heavy atom. The molecule has 4 aromatic rings. The molecule has 3 aliphatic rings. The van der Waals surface area contributed by atoms with Crippen molar-refractivity contribution in [3.63, 3.8) is 0 Å². The Morgan fingerprint density at radius 3 is 2.12 bits per heavy atom. The van der Waals surface area contributed by atoms with E-state index in [1.165, 1.54) is 0 Å². The molecule has 0 bridgehead atoms. The fraction of sp³-hybridized carbons (Fsp3) is 0.432. The third kappa shape index (κ3) is 6.93. The molecule has 0 saturated carbocycles. The number of Topliss-reactive ketones (excluding diaryl/α,β-unsaturated/α-hetero) is 2. The molecule has 3 aromatic carbocycles. The lowest BCUT2D eigenvalue weighted by molar-refractivity contribution is -0.0480. The number of ether oxygens (including phenoxy) is 2. The van der Waals surface area contributed by atoms with E-state index in [1.54, 1.807) is 6.07 Å². The van der Waals surface area contributed by atoms with Crippen LogP contribution < -0.4 is 9.47 Å². The summed E-state index contributed by atoms with van der Waals surface area (Å²) < 4.78 is 25.8. The smallest absolute Gasteiger partial charge is 0.265 e. The van der Waals surface area contributed by atoms with Crippen LogP contribution in [0.3, 0.4) is 0 Å². The summed E-state index contributed by atoms with van der Waals surface area (Å²) in [5.41, 5.74) is 0.983. The van der Waals surface area contributed by atoms with Gasteiger partial charge in [0.2, 0.25) is 5.78 Å². The number of ketones is 2. The highest BCUT2D eigenvalue weighted by Crippen LogP contribution is 2.60. The summed E-state index contributed by atoms with van der Waals surface area (Å²) in [5, 5.41) is 37.6. The molecule has 0 unspecified atom stereocenters. The Balaban J connectivity index is 1.43. The first-order chi connectivity index (χ1) is 27.0. The molecule has 13 heteroatoms. The van der Waals surface area contributed by atoms with Gasteiger partial charge in [-0.15, -0.1) is 0 Å². The lowest BCUT2D eigenvalue weighted by Crippen LogP contribution is -2.65. The molecule has 57 heavy (non-hydrogen) atoms. The van der Waals surface area contributed by atoms with Gasteiger partial charge in [-0.25, -0.2) is 0 Å². The maximum absolute atomic E-state index is 15.5. The Hall–Kier alpha value is -4.30. The van der Waals surface area contributed by atoms with Crippen LogP contribution in [-0.2, 0) is 24.1 Å². The maximum Gasteiger partial charge on any atom is 0.265 e. The summed E-state index contributed by atoms with van der Waals surface area (Å²) >= 11 is 7.12. The van der Waals surface area contributed by atoms with Gasteiger partial charge < -0.3 is 33.7 Å². The van der Waals surface area contributed by atoms with E-state index >= 15 is 9.59 Å². The molecular formula is C44H51ClN2O9Si. The Kier molecular flexibility index (Phi) is 11.1. The van der Waals surface area contributed by atoms with Gasteiger partial charge in [-0.05, 0) is 84.5 Å². The minimum atomic E-state index is -2.93. The second kappa shape index (κ2) is 15.5. The average Bonchev–Trinajstić information content (AvgIpc) is 3.59. The highest BCUT2D eigenvalue weighted by atomic mass is 35.5. The zero-order valence-electron chi connectivity index (χ0n) is 33.5. The van der Waals surface area contributed by atoms with Crippen molar-refractivity contribution in [1.82, 2.24) is 10.1 Å². The first-order valence-corrected chi connectivity index (χ1v) is 22.6. The van der Waals surface area contributed by atoms with Crippen molar-refractivity contribution in [2.75, 3.05) is 27.3 Å². The van der Waals surface area contributed by atoms with Crippen LogP contribution >= 0.6 is 11.6 Å². The maximum atomic E-state index is 15.5. The first-order valence-electron chi connectivity index (χ1n) is 19.3. The SMILES string of the molecule is CN(C)[C@@H]1c2onc(OCc3ccccc3)c2C(=O)[C@@]2(O[Si](C)(C)C(C)(C)C)C(O)=C3C(=O)c4c(OCc5ccccc5)cc(C(CO)CO)c(Cl)c4C[C@H]3C[C@@H]12. The molecule has 11 nitrogen and oxygen atoms in total. The number of benzene rings is 3. The third-order valence-corrected chi connectivity index (χ3v) is 17.3. The van der Waals surface area contributed by atoms with Gasteiger partial charge in [-0.2, -0.15) is 0 Å². The lowest BCUT2D eigenvalue weighted by atomic mass is 9.58. The van der Waals surface area contributed by atoms with E-state index in [0.717, 1.165) is 11.1 Å². The number of carbonyl (C=O) groups is 2. The minimum absolute atomic E-state index is 0.0131. The van der Waals surface area contributed by atoms with Gasteiger partial charge in [0, 0.05) is 22.4 Å². The summed E-state index contributed by atoms with van der Waals surface area (Å²) in [6.45, 7) is 9.68. The molecule has 0 aliphatic heterocycles. The van der Waals surface area contributed by atoms with Crippen LogP contribution in [0.1, 0.15) is 87.9 Å². The number of fused-ring (bicyclic) bond motifs is 4. The van der Waals surface area contributed by atoms with Crippen LogP contribution in [0.2, 0.25) is 23.2 Å². The fourth-order valence-electron chi connectivity index (χ4n) is 8.41. The molecule has 7 rings (SSSR count). The summed E-state index contributed by atoms with van der Waals surface area (Å²) in [7, 11) is 0.815. The lowest BCUT2D eigenvalue weighted by Gasteiger charge is -2.55. The van der Waals surface area contributed by atoms with E-state index in [2.05, 4.69) is 25.9 Å². The van der Waals surface area contributed by atoms with E-state index in [-0.39, 0.29) is 72.6 Å². The van der Waals surface area contributed by atoms with Crippen LogP contribution in [0, 0.1) is 11.8 Å². The van der Waals surface area contributed by atoms with Gasteiger partial charge in [0.15, 0.2) is 25.5 Å². The number of nitrogens with zero attached hydrogens (tertiary/aromatic N) is 2. The van der Waals surface area contributed by atoms with E-state index in [0.29, 0.717) is 16.9 Å². The van der Waals surface area contributed by atoms with Crippen molar-refractivity contribution in [2.45, 2.75) is 82.5 Å². The Morgan fingerprint density at radius 2 is 1.56 bits per heavy atom. The highest BCUT2D eigenvalue weighted by Gasteiger charge is 2.67. The van der Waals surface area contributed by atoms with Gasteiger partial charge in [-0.3, -0.25) is 14.5 Å². The second-order valence-electron chi connectivity index (χ2n) is 17.1. The van der Waals surface area contributed by atoms with Gasteiger partial charge in [0.05, 0.1) is 24.8 Å². The van der Waals surface area contributed by atoms with E-state index in [4.69, 9.17) is 30.0 Å². The number of halogens is 1. The largest absolute Gasteiger partial charge is 0.508 e. The Labute approximate surface area is 339 Å². The van der Waals surface area contributed by atoms with Crippen LogP contribution in [0.15, 0.2) is 82.6 Å². The zero-order valence-corrected chi connectivity index (χ0v) is 35.2. The summed E-state index contributed by atoms with van der Waals surface area (Å²) in [4.78, 5) is 32.7. The van der Waals surface area contributed by atoms with Crippen LogP contribution in [0.25, 0.3) is 0 Å². The average molecular weight is 815 g/mol. The number of allylic oxidation sites excluding steroid dienone is 1. The minimum Gasteiger partial charge on any atom is -0.508 e. The van der Waals surface area contributed by atoms with Gasteiger partial charge in [-0.1, -0.05) is 93.0 Å². The zero-order chi connectivity index (χ0) is 41.0. The molecule has 302 valence electrons. The molecule has 0 radical (unpaired) electrons. The summed E-state index contributed by atoms with van der Waals surface area (Å²) in [6, 6.07) is 19.9. The van der Waals surface area contributed by atoms with Crippen LogP contribution in [-0.4, -0.2) is 78.2 Å². The number of aromatic nitrogens is 1. The van der Waals surface area contributed by atoms with E-state index in [1.807, 2.05) is 92.8 Å². The third-order valence-electron chi connectivity index (χ3n) is 12.4. The van der Waals surface area contributed by atoms with Crippen molar-refractivity contribution in [3.05, 3.63) is 122 Å². The predicted molar refractivity (Wildman–Crippen MR) is 217 cm³/mol. The van der Waals surface area contributed by atoms with Crippen molar-refractivity contribution in [1.29, 1.82) is 0 Å². The topological polar surface area (TPSA) is 152 Å². The molecule has 0 fully saturated rings.